The maximum absolute atomic E-state index is 13.2. The van der Waals surface area contributed by atoms with Crippen LogP contribution in [0.5, 0.6) is 0 Å². The molecule has 0 bridgehead atoms. The Morgan fingerprint density at radius 3 is 2.39 bits per heavy atom. The van der Waals surface area contributed by atoms with Gasteiger partial charge in [0.25, 0.3) is 5.91 Å². The van der Waals surface area contributed by atoms with E-state index in [4.69, 9.17) is 0 Å². The van der Waals surface area contributed by atoms with Crippen molar-refractivity contribution in [1.82, 2.24) is 4.98 Å². The van der Waals surface area contributed by atoms with Crippen LogP contribution in [0.15, 0.2) is 48.5 Å². The molecule has 0 saturated carbocycles. The first kappa shape index (κ1) is 15.3. The Balaban J connectivity index is 1.87. The Bertz CT molecular complexity index is 842. The molecular formula is C17H12F2N2OS. The molecule has 0 spiro atoms. The molecular weight excluding hydrogens is 318 g/mol. The molecule has 0 radical (unpaired) electrons. The number of aromatic nitrogens is 1. The zero-order chi connectivity index (χ0) is 16.4. The van der Waals surface area contributed by atoms with Crippen molar-refractivity contribution >= 4 is 22.9 Å². The maximum atomic E-state index is 13.2. The van der Waals surface area contributed by atoms with Crippen molar-refractivity contribution in [3.05, 3.63) is 70.7 Å². The minimum atomic E-state index is -0.744. The number of amides is 1. The third-order valence-corrected chi connectivity index (χ3v) is 4.35. The highest BCUT2D eigenvalue weighted by atomic mass is 32.1. The van der Waals surface area contributed by atoms with E-state index in [0.717, 1.165) is 28.8 Å². The third-order valence-electron chi connectivity index (χ3n) is 3.14. The largest absolute Gasteiger partial charge is 0.321 e. The number of benzene rings is 2. The van der Waals surface area contributed by atoms with Crippen LogP contribution in [0.2, 0.25) is 0 Å². The fourth-order valence-electron chi connectivity index (χ4n) is 2.13. The third kappa shape index (κ3) is 3.43. The summed E-state index contributed by atoms with van der Waals surface area (Å²) in [6.07, 6.45) is 0. The number of carbonyl (C=O) groups excluding carboxylic acids is 1. The minimum absolute atomic E-state index is 0.0709. The lowest BCUT2D eigenvalue weighted by Gasteiger charge is -2.04. The first-order chi connectivity index (χ1) is 11.0. The quantitative estimate of drug-likeness (QED) is 0.759. The zero-order valence-electron chi connectivity index (χ0n) is 12.1. The molecule has 0 aliphatic rings. The lowest BCUT2D eigenvalue weighted by molar-refractivity contribution is 0.103. The number of nitrogens with zero attached hydrogens (tertiary/aromatic N) is 1. The van der Waals surface area contributed by atoms with Gasteiger partial charge < -0.3 is 5.32 Å². The summed E-state index contributed by atoms with van der Waals surface area (Å²) in [6.45, 7) is 1.73. The van der Waals surface area contributed by atoms with Crippen LogP contribution in [-0.4, -0.2) is 10.9 Å². The fraction of sp³-hybridized carbons (Fsp3) is 0.0588. The van der Waals surface area contributed by atoms with Crippen LogP contribution in [-0.2, 0) is 0 Å². The molecule has 1 amide bonds. The molecule has 6 heteroatoms. The van der Waals surface area contributed by atoms with Gasteiger partial charge in [-0.25, -0.2) is 13.8 Å². The van der Waals surface area contributed by atoms with E-state index in [1.54, 1.807) is 6.92 Å². The average Bonchev–Trinajstić information content (AvgIpc) is 2.89. The van der Waals surface area contributed by atoms with E-state index in [0.29, 0.717) is 10.6 Å². The van der Waals surface area contributed by atoms with Gasteiger partial charge in [-0.3, -0.25) is 4.79 Å². The second-order valence-corrected chi connectivity index (χ2v) is 5.91. The molecule has 0 aliphatic heterocycles. The molecule has 0 fully saturated rings. The molecule has 116 valence electrons. The number of hydrogen-bond acceptors (Lipinski definition) is 3. The van der Waals surface area contributed by atoms with Gasteiger partial charge in [0, 0.05) is 17.3 Å². The minimum Gasteiger partial charge on any atom is -0.321 e. The molecule has 3 nitrogen and oxygen atoms in total. The highest BCUT2D eigenvalue weighted by molar-refractivity contribution is 7.17. The van der Waals surface area contributed by atoms with Crippen molar-refractivity contribution in [1.29, 1.82) is 0 Å². The summed E-state index contributed by atoms with van der Waals surface area (Å²) < 4.78 is 26.4. The second-order valence-electron chi connectivity index (χ2n) is 4.91. The molecule has 0 saturated heterocycles. The van der Waals surface area contributed by atoms with Gasteiger partial charge in [0.2, 0.25) is 0 Å². The number of nitrogens with one attached hydrogen (secondary N) is 1. The first-order valence-corrected chi connectivity index (χ1v) is 7.65. The van der Waals surface area contributed by atoms with Gasteiger partial charge in [-0.1, -0.05) is 30.3 Å². The summed E-state index contributed by atoms with van der Waals surface area (Å²) in [6, 6.07) is 12.4. The predicted octanol–water partition coefficient (Wildman–Crippen LogP) is 4.65. The molecule has 1 N–H and O–H groups in total. The van der Waals surface area contributed by atoms with Gasteiger partial charge in [-0.2, -0.15) is 0 Å². The molecule has 0 aliphatic carbocycles. The highest BCUT2D eigenvalue weighted by Gasteiger charge is 2.16. The van der Waals surface area contributed by atoms with E-state index < -0.39 is 17.5 Å². The number of anilines is 1. The van der Waals surface area contributed by atoms with E-state index in [2.05, 4.69) is 10.3 Å². The summed E-state index contributed by atoms with van der Waals surface area (Å²) >= 11 is 1.24. The molecule has 0 atom stereocenters. The van der Waals surface area contributed by atoms with Crippen LogP contribution in [0.25, 0.3) is 10.6 Å². The van der Waals surface area contributed by atoms with E-state index in [9.17, 15) is 13.6 Å². The Morgan fingerprint density at radius 1 is 1.09 bits per heavy atom. The number of carbonyl (C=O) groups is 1. The van der Waals surface area contributed by atoms with Crippen LogP contribution in [0.4, 0.5) is 14.5 Å². The van der Waals surface area contributed by atoms with E-state index in [1.807, 2.05) is 30.3 Å². The molecule has 3 rings (SSSR count). The second kappa shape index (κ2) is 6.26. The van der Waals surface area contributed by atoms with Crippen LogP contribution in [0.3, 0.4) is 0 Å². The number of aryl methyl sites for hydroxylation is 1. The van der Waals surface area contributed by atoms with Gasteiger partial charge >= 0.3 is 0 Å². The number of rotatable bonds is 3. The van der Waals surface area contributed by atoms with Crippen molar-refractivity contribution < 1.29 is 13.6 Å². The summed E-state index contributed by atoms with van der Waals surface area (Å²) in [5.74, 6) is -1.93. The lowest BCUT2D eigenvalue weighted by atomic mass is 10.2. The fourth-order valence-corrected chi connectivity index (χ4v) is 3.09. The molecule has 3 aromatic rings. The van der Waals surface area contributed by atoms with Gasteiger partial charge in [0.1, 0.15) is 21.5 Å². The van der Waals surface area contributed by atoms with Gasteiger partial charge in [0.15, 0.2) is 0 Å². The van der Waals surface area contributed by atoms with E-state index in [-0.39, 0.29) is 5.69 Å². The van der Waals surface area contributed by atoms with Crippen molar-refractivity contribution in [2.45, 2.75) is 6.92 Å². The van der Waals surface area contributed by atoms with Crippen LogP contribution >= 0.6 is 11.3 Å². The Hall–Kier alpha value is -2.60. The summed E-state index contributed by atoms with van der Waals surface area (Å²) in [5, 5.41) is 3.22. The Morgan fingerprint density at radius 2 is 1.74 bits per heavy atom. The highest BCUT2D eigenvalue weighted by Crippen LogP contribution is 2.28. The van der Waals surface area contributed by atoms with E-state index >= 15 is 0 Å². The molecule has 0 unspecified atom stereocenters. The summed E-state index contributed by atoms with van der Waals surface area (Å²) in [7, 11) is 0. The van der Waals surface area contributed by atoms with Crippen LogP contribution < -0.4 is 5.32 Å². The predicted molar refractivity (Wildman–Crippen MR) is 86.6 cm³/mol. The lowest BCUT2D eigenvalue weighted by Crippen LogP contribution is -2.11. The average molecular weight is 330 g/mol. The van der Waals surface area contributed by atoms with E-state index in [1.165, 1.54) is 11.3 Å². The number of thiazole rings is 1. The first-order valence-electron chi connectivity index (χ1n) is 6.83. The topological polar surface area (TPSA) is 42.0 Å². The smallest absolute Gasteiger partial charge is 0.267 e. The van der Waals surface area contributed by atoms with Gasteiger partial charge in [-0.05, 0) is 19.1 Å². The number of hydrogen-bond donors (Lipinski definition) is 1. The summed E-state index contributed by atoms with van der Waals surface area (Å²) in [5.41, 5.74) is 1.56. The Labute approximate surface area is 135 Å². The van der Waals surface area contributed by atoms with Crippen LogP contribution in [0, 0.1) is 18.6 Å². The van der Waals surface area contributed by atoms with Crippen molar-refractivity contribution in [2.24, 2.45) is 0 Å². The summed E-state index contributed by atoms with van der Waals surface area (Å²) in [4.78, 5) is 17.1. The van der Waals surface area contributed by atoms with Crippen molar-refractivity contribution in [2.75, 3.05) is 5.32 Å². The molecule has 2 aromatic carbocycles. The zero-order valence-corrected chi connectivity index (χ0v) is 13.0. The normalized spacial score (nSPS) is 10.6. The standard InChI is InChI=1S/C17H12F2N2OS/c1-10-15(23-17(20-10)11-5-3-2-4-6-11)16(22)21-14-8-12(18)7-13(19)9-14/h2-9H,1H3,(H,21,22). The molecule has 1 heterocycles. The van der Waals surface area contributed by atoms with Gasteiger partial charge in [-0.15, -0.1) is 11.3 Å². The van der Waals surface area contributed by atoms with Crippen LogP contribution in [0.1, 0.15) is 15.4 Å². The maximum Gasteiger partial charge on any atom is 0.267 e. The monoisotopic (exact) mass is 330 g/mol. The Kier molecular flexibility index (Phi) is 4.16. The number of halogens is 2. The van der Waals surface area contributed by atoms with Crippen molar-refractivity contribution in [3.63, 3.8) is 0 Å². The SMILES string of the molecule is Cc1nc(-c2ccccc2)sc1C(=O)Nc1cc(F)cc(F)c1. The molecule has 1 aromatic heterocycles. The van der Waals surface area contributed by atoms with Crippen molar-refractivity contribution in [3.8, 4) is 10.6 Å². The molecule has 23 heavy (non-hydrogen) atoms. The van der Waals surface area contributed by atoms with Gasteiger partial charge in [0.05, 0.1) is 5.69 Å².